The second-order valence-corrected chi connectivity index (χ2v) is 7.38. The van der Waals surface area contributed by atoms with E-state index in [9.17, 15) is 9.59 Å². The zero-order valence-corrected chi connectivity index (χ0v) is 16.6. The molecule has 0 aromatic heterocycles. The molecule has 5 nitrogen and oxygen atoms in total. The predicted octanol–water partition coefficient (Wildman–Crippen LogP) is 2.88. The van der Waals surface area contributed by atoms with E-state index in [1.54, 1.807) is 0 Å². The summed E-state index contributed by atoms with van der Waals surface area (Å²) in [6.07, 6.45) is 1.69. The summed E-state index contributed by atoms with van der Waals surface area (Å²) in [7, 11) is 0. The van der Waals surface area contributed by atoms with Gasteiger partial charge in [-0.3, -0.25) is 9.59 Å². The van der Waals surface area contributed by atoms with E-state index in [4.69, 9.17) is 0 Å². The Morgan fingerprint density at radius 3 is 2.68 bits per heavy atom. The van der Waals surface area contributed by atoms with Crippen molar-refractivity contribution in [3.8, 4) is 0 Å². The summed E-state index contributed by atoms with van der Waals surface area (Å²) in [6, 6.07) is 15.7. The van der Waals surface area contributed by atoms with Gasteiger partial charge in [0.05, 0.1) is 5.92 Å². The fraction of sp³-hybridized carbons (Fsp3) is 0.364. The fourth-order valence-corrected chi connectivity index (χ4v) is 3.93. The van der Waals surface area contributed by atoms with Gasteiger partial charge in [-0.1, -0.05) is 36.4 Å². The number of fused-ring (bicyclic) bond motifs is 1. The number of carbonyl (C=O) groups excluding carboxylic acids is 2. The van der Waals surface area contributed by atoms with Gasteiger partial charge in [-0.25, -0.2) is 0 Å². The van der Waals surface area contributed by atoms with E-state index < -0.39 is 0 Å². The third kappa shape index (κ3) is 4.54. The zero-order chi connectivity index (χ0) is 18.6. The van der Waals surface area contributed by atoms with E-state index in [-0.39, 0.29) is 30.1 Å². The Kier molecular flexibility index (Phi) is 6.70. The van der Waals surface area contributed by atoms with Gasteiger partial charge >= 0.3 is 0 Å². The Bertz CT molecular complexity index is 841. The van der Waals surface area contributed by atoms with Crippen LogP contribution in [0.4, 0.5) is 0 Å². The molecule has 2 N–H and O–H groups in total. The molecule has 0 bridgehead atoms. The zero-order valence-electron chi connectivity index (χ0n) is 15.8. The van der Waals surface area contributed by atoms with Crippen molar-refractivity contribution >= 4 is 24.2 Å². The van der Waals surface area contributed by atoms with E-state index in [1.807, 2.05) is 35.2 Å². The summed E-state index contributed by atoms with van der Waals surface area (Å²) in [5.74, 6) is -0.0825. The number of carbonyl (C=O) groups is 2. The number of piperidine rings is 1. The molecule has 1 unspecified atom stereocenters. The van der Waals surface area contributed by atoms with Crippen LogP contribution >= 0.6 is 12.4 Å². The van der Waals surface area contributed by atoms with Crippen molar-refractivity contribution in [3.05, 3.63) is 70.8 Å². The lowest BCUT2D eigenvalue weighted by Gasteiger charge is -2.32. The maximum Gasteiger partial charge on any atom is 0.253 e. The summed E-state index contributed by atoms with van der Waals surface area (Å²) in [5, 5.41) is 6.40. The lowest BCUT2D eigenvalue weighted by Crippen LogP contribution is -2.45. The minimum absolute atomic E-state index is 0. The first kappa shape index (κ1) is 20.4. The third-order valence-electron chi connectivity index (χ3n) is 5.47. The van der Waals surface area contributed by atoms with Crippen LogP contribution in [0.15, 0.2) is 48.5 Å². The lowest BCUT2D eigenvalue weighted by molar-refractivity contribution is -0.126. The number of nitrogens with zero attached hydrogens (tertiary/aromatic N) is 1. The van der Waals surface area contributed by atoms with Gasteiger partial charge in [0.25, 0.3) is 5.91 Å². The van der Waals surface area contributed by atoms with E-state index in [2.05, 4.69) is 28.8 Å². The Morgan fingerprint density at radius 2 is 1.86 bits per heavy atom. The summed E-state index contributed by atoms with van der Waals surface area (Å²) < 4.78 is 0. The smallest absolute Gasteiger partial charge is 0.253 e. The first-order valence-electron chi connectivity index (χ1n) is 9.64. The van der Waals surface area contributed by atoms with Crippen LogP contribution in [0, 0.1) is 5.92 Å². The molecule has 2 amide bonds. The first-order chi connectivity index (χ1) is 13.2. The van der Waals surface area contributed by atoms with Gasteiger partial charge in [0.2, 0.25) is 5.91 Å². The van der Waals surface area contributed by atoms with E-state index in [0.717, 1.165) is 38.0 Å². The van der Waals surface area contributed by atoms with E-state index in [0.29, 0.717) is 18.7 Å². The average molecular weight is 400 g/mol. The van der Waals surface area contributed by atoms with Crippen LogP contribution in [0.3, 0.4) is 0 Å². The van der Waals surface area contributed by atoms with Gasteiger partial charge in [-0.05, 0) is 41.7 Å². The number of amides is 2. The molecule has 0 saturated carbocycles. The Hall–Kier alpha value is -2.37. The molecule has 0 spiro atoms. The normalized spacial score (nSPS) is 18.1. The molecule has 2 aromatic rings. The standard InChI is InChI=1S/C22H25N3O2.ClH/c26-21(24-12-16-8-9-18-13-23-14-20(18)11-16)19-7-4-10-25(15-19)22(27)17-5-2-1-3-6-17;/h1-3,5-6,8-9,11,19,23H,4,7,10,12-15H2,(H,24,26);1H. The van der Waals surface area contributed by atoms with Gasteiger partial charge in [-0.2, -0.15) is 0 Å². The highest BCUT2D eigenvalue weighted by Gasteiger charge is 2.28. The molecule has 0 aliphatic carbocycles. The summed E-state index contributed by atoms with van der Waals surface area (Å²) in [4.78, 5) is 27.1. The van der Waals surface area contributed by atoms with Gasteiger partial charge < -0.3 is 15.5 Å². The van der Waals surface area contributed by atoms with Crippen LogP contribution in [0.1, 0.15) is 39.9 Å². The SMILES string of the molecule is Cl.O=C(NCc1ccc2c(c1)CNC2)C1CCCN(C(=O)c2ccccc2)C1. The maximum absolute atomic E-state index is 12.6. The number of hydrogen-bond donors (Lipinski definition) is 2. The number of halogens is 1. The Morgan fingerprint density at radius 1 is 1.07 bits per heavy atom. The number of hydrogen-bond acceptors (Lipinski definition) is 3. The molecule has 2 aromatic carbocycles. The van der Waals surface area contributed by atoms with Crippen molar-refractivity contribution in [2.45, 2.75) is 32.5 Å². The van der Waals surface area contributed by atoms with Crippen LogP contribution in [-0.2, 0) is 24.4 Å². The third-order valence-corrected chi connectivity index (χ3v) is 5.47. The van der Waals surface area contributed by atoms with Gasteiger partial charge in [0.15, 0.2) is 0 Å². The second-order valence-electron chi connectivity index (χ2n) is 7.38. The molecule has 2 aliphatic rings. The van der Waals surface area contributed by atoms with Gasteiger partial charge in [-0.15, -0.1) is 12.4 Å². The highest BCUT2D eigenvalue weighted by molar-refractivity contribution is 5.94. The van der Waals surface area contributed by atoms with Gasteiger partial charge in [0.1, 0.15) is 0 Å². The predicted molar refractivity (Wildman–Crippen MR) is 111 cm³/mol. The monoisotopic (exact) mass is 399 g/mol. The number of benzene rings is 2. The van der Waals surface area contributed by atoms with E-state index in [1.165, 1.54) is 11.1 Å². The molecule has 6 heteroatoms. The molecule has 2 heterocycles. The molecule has 0 radical (unpaired) electrons. The maximum atomic E-state index is 12.6. The van der Waals surface area contributed by atoms with E-state index >= 15 is 0 Å². The van der Waals surface area contributed by atoms with Crippen molar-refractivity contribution in [2.75, 3.05) is 13.1 Å². The molecule has 1 atom stereocenters. The minimum atomic E-state index is -0.137. The lowest BCUT2D eigenvalue weighted by atomic mass is 9.96. The van der Waals surface area contributed by atoms with Crippen molar-refractivity contribution in [2.24, 2.45) is 5.92 Å². The quantitative estimate of drug-likeness (QED) is 0.831. The van der Waals surface area contributed by atoms with Gasteiger partial charge in [0, 0.05) is 38.3 Å². The largest absolute Gasteiger partial charge is 0.352 e. The number of likely N-dealkylation sites (tertiary alicyclic amines) is 1. The molecule has 148 valence electrons. The van der Waals surface area contributed by atoms with Crippen LogP contribution in [0.5, 0.6) is 0 Å². The van der Waals surface area contributed by atoms with Crippen molar-refractivity contribution in [1.82, 2.24) is 15.5 Å². The van der Waals surface area contributed by atoms with Crippen molar-refractivity contribution < 1.29 is 9.59 Å². The first-order valence-corrected chi connectivity index (χ1v) is 9.64. The molecule has 4 rings (SSSR count). The molecule has 1 fully saturated rings. The van der Waals surface area contributed by atoms with Crippen LogP contribution in [0.25, 0.3) is 0 Å². The van der Waals surface area contributed by atoms with Crippen LogP contribution in [-0.4, -0.2) is 29.8 Å². The Labute approximate surface area is 171 Å². The highest BCUT2D eigenvalue weighted by Crippen LogP contribution is 2.20. The highest BCUT2D eigenvalue weighted by atomic mass is 35.5. The molecular weight excluding hydrogens is 374 g/mol. The second kappa shape index (κ2) is 9.22. The van der Waals surface area contributed by atoms with Crippen LogP contribution in [0.2, 0.25) is 0 Å². The summed E-state index contributed by atoms with van der Waals surface area (Å²) in [5.41, 5.74) is 4.47. The fourth-order valence-electron chi connectivity index (χ4n) is 3.93. The molecule has 2 aliphatic heterocycles. The number of nitrogens with one attached hydrogen (secondary N) is 2. The Balaban J connectivity index is 0.00000225. The molecule has 1 saturated heterocycles. The van der Waals surface area contributed by atoms with Crippen molar-refractivity contribution in [1.29, 1.82) is 0 Å². The van der Waals surface area contributed by atoms with Crippen LogP contribution < -0.4 is 10.6 Å². The molecule has 28 heavy (non-hydrogen) atoms. The number of rotatable bonds is 4. The summed E-state index contributed by atoms with van der Waals surface area (Å²) >= 11 is 0. The minimum Gasteiger partial charge on any atom is -0.352 e. The summed E-state index contributed by atoms with van der Waals surface area (Å²) in [6.45, 7) is 3.57. The molecular formula is C22H26ClN3O2. The average Bonchev–Trinajstić information content (AvgIpc) is 3.20. The van der Waals surface area contributed by atoms with Crippen molar-refractivity contribution in [3.63, 3.8) is 0 Å². The topological polar surface area (TPSA) is 61.4 Å².